The predicted molar refractivity (Wildman–Crippen MR) is 96.8 cm³/mol. The minimum absolute atomic E-state index is 0.0761. The van der Waals surface area contributed by atoms with E-state index in [1.807, 2.05) is 51.1 Å². The van der Waals surface area contributed by atoms with Gasteiger partial charge in [-0.05, 0) is 23.8 Å². The number of carbonyl (C=O) groups excluding carboxylic acids is 2. The largest absolute Gasteiger partial charge is 0.373 e. The van der Waals surface area contributed by atoms with Gasteiger partial charge in [-0.25, -0.2) is 4.79 Å². The summed E-state index contributed by atoms with van der Waals surface area (Å²) in [5.74, 6) is -0.0761. The molecule has 0 saturated carbocycles. The second-order valence-electron chi connectivity index (χ2n) is 7.63. The molecule has 1 fully saturated rings. The SMILES string of the molecule is CC(C)(C)[C@@H](NC(N)=O)C(=O)N1CCC(OCc2ccccc2)CC1. The van der Waals surface area contributed by atoms with E-state index in [-0.39, 0.29) is 12.0 Å². The molecule has 1 aromatic rings. The van der Waals surface area contributed by atoms with E-state index >= 15 is 0 Å². The number of urea groups is 1. The van der Waals surface area contributed by atoms with Crippen molar-refractivity contribution in [1.29, 1.82) is 0 Å². The van der Waals surface area contributed by atoms with E-state index in [2.05, 4.69) is 5.32 Å². The first-order chi connectivity index (χ1) is 11.8. The first-order valence-corrected chi connectivity index (χ1v) is 8.77. The Bertz CT molecular complexity index is 575. The molecule has 1 aliphatic rings. The summed E-state index contributed by atoms with van der Waals surface area (Å²) < 4.78 is 5.96. The van der Waals surface area contributed by atoms with Crippen LogP contribution < -0.4 is 11.1 Å². The summed E-state index contributed by atoms with van der Waals surface area (Å²) in [4.78, 5) is 25.8. The van der Waals surface area contributed by atoms with Gasteiger partial charge >= 0.3 is 6.03 Å². The van der Waals surface area contributed by atoms with E-state index in [1.54, 1.807) is 4.90 Å². The summed E-state index contributed by atoms with van der Waals surface area (Å²) in [5.41, 5.74) is 5.99. The van der Waals surface area contributed by atoms with Gasteiger partial charge in [0, 0.05) is 13.1 Å². The van der Waals surface area contributed by atoms with Crippen LogP contribution in [0.15, 0.2) is 30.3 Å². The van der Waals surface area contributed by atoms with Crippen LogP contribution in [-0.4, -0.2) is 42.1 Å². The van der Waals surface area contributed by atoms with Gasteiger partial charge in [0.2, 0.25) is 5.91 Å². The van der Waals surface area contributed by atoms with E-state index in [1.165, 1.54) is 0 Å². The van der Waals surface area contributed by atoms with Gasteiger partial charge in [-0.1, -0.05) is 51.1 Å². The van der Waals surface area contributed by atoms with Gasteiger partial charge in [0.1, 0.15) is 6.04 Å². The minimum Gasteiger partial charge on any atom is -0.373 e. The Labute approximate surface area is 149 Å². The number of rotatable bonds is 5. The maximum absolute atomic E-state index is 12.8. The summed E-state index contributed by atoms with van der Waals surface area (Å²) in [5, 5.41) is 2.59. The molecular formula is C19H29N3O3. The number of nitrogens with one attached hydrogen (secondary N) is 1. The number of likely N-dealkylation sites (tertiary alicyclic amines) is 1. The highest BCUT2D eigenvalue weighted by Gasteiger charge is 2.36. The van der Waals surface area contributed by atoms with Gasteiger partial charge in [0.15, 0.2) is 0 Å². The topological polar surface area (TPSA) is 84.7 Å². The molecular weight excluding hydrogens is 318 g/mol. The molecule has 25 heavy (non-hydrogen) atoms. The van der Waals surface area contributed by atoms with Gasteiger partial charge in [-0.15, -0.1) is 0 Å². The van der Waals surface area contributed by atoms with Crippen LogP contribution in [0.1, 0.15) is 39.2 Å². The average molecular weight is 347 g/mol. The highest BCUT2D eigenvalue weighted by atomic mass is 16.5. The molecule has 2 rings (SSSR count). The van der Waals surface area contributed by atoms with E-state index in [4.69, 9.17) is 10.5 Å². The third-order valence-corrected chi connectivity index (χ3v) is 4.48. The van der Waals surface area contributed by atoms with Crippen molar-refractivity contribution in [2.75, 3.05) is 13.1 Å². The van der Waals surface area contributed by atoms with Gasteiger partial charge in [0.25, 0.3) is 0 Å². The van der Waals surface area contributed by atoms with Gasteiger partial charge in [0.05, 0.1) is 12.7 Å². The second-order valence-corrected chi connectivity index (χ2v) is 7.63. The lowest BCUT2D eigenvalue weighted by molar-refractivity contribution is -0.138. The van der Waals surface area contributed by atoms with Crippen molar-refractivity contribution in [3.63, 3.8) is 0 Å². The van der Waals surface area contributed by atoms with Crippen molar-refractivity contribution in [2.24, 2.45) is 11.1 Å². The molecule has 0 aliphatic carbocycles. The molecule has 0 aromatic heterocycles. The lowest BCUT2D eigenvalue weighted by Crippen LogP contribution is -2.57. The van der Waals surface area contributed by atoms with Crippen LogP contribution in [0.5, 0.6) is 0 Å². The zero-order valence-corrected chi connectivity index (χ0v) is 15.3. The Hall–Kier alpha value is -2.08. The Morgan fingerprint density at radius 2 is 1.84 bits per heavy atom. The Balaban J connectivity index is 1.85. The molecule has 1 saturated heterocycles. The Morgan fingerprint density at radius 3 is 2.36 bits per heavy atom. The maximum Gasteiger partial charge on any atom is 0.312 e. The monoisotopic (exact) mass is 347 g/mol. The molecule has 0 unspecified atom stereocenters. The van der Waals surface area contributed by atoms with Crippen molar-refractivity contribution in [3.8, 4) is 0 Å². The number of primary amides is 1. The van der Waals surface area contributed by atoms with Crippen molar-refractivity contribution < 1.29 is 14.3 Å². The zero-order valence-electron chi connectivity index (χ0n) is 15.3. The molecule has 3 amide bonds. The van der Waals surface area contributed by atoms with Crippen LogP contribution in [-0.2, 0) is 16.1 Å². The Morgan fingerprint density at radius 1 is 1.24 bits per heavy atom. The first-order valence-electron chi connectivity index (χ1n) is 8.77. The molecule has 6 nitrogen and oxygen atoms in total. The number of piperidine rings is 1. The highest BCUT2D eigenvalue weighted by Crippen LogP contribution is 2.23. The van der Waals surface area contributed by atoms with Crippen LogP contribution in [0.4, 0.5) is 4.79 Å². The molecule has 1 aliphatic heterocycles. The van der Waals surface area contributed by atoms with Crippen molar-refractivity contribution in [2.45, 2.75) is 52.4 Å². The number of nitrogens with two attached hydrogens (primary N) is 1. The van der Waals surface area contributed by atoms with Crippen molar-refractivity contribution in [3.05, 3.63) is 35.9 Å². The van der Waals surface area contributed by atoms with Crippen LogP contribution >= 0.6 is 0 Å². The lowest BCUT2D eigenvalue weighted by Gasteiger charge is -2.38. The number of amides is 3. The van der Waals surface area contributed by atoms with Crippen molar-refractivity contribution in [1.82, 2.24) is 10.2 Å². The average Bonchev–Trinajstić information content (AvgIpc) is 2.57. The third kappa shape index (κ3) is 5.74. The predicted octanol–water partition coefficient (Wildman–Crippen LogP) is 2.28. The number of carbonyl (C=O) groups is 2. The molecule has 3 N–H and O–H groups in total. The molecule has 0 spiro atoms. The molecule has 138 valence electrons. The molecule has 0 radical (unpaired) electrons. The molecule has 0 bridgehead atoms. The van der Waals surface area contributed by atoms with Gasteiger partial charge in [-0.3, -0.25) is 4.79 Å². The smallest absolute Gasteiger partial charge is 0.312 e. The third-order valence-electron chi connectivity index (χ3n) is 4.48. The first kappa shape index (κ1) is 19.2. The van der Waals surface area contributed by atoms with Crippen LogP contribution in [0, 0.1) is 5.41 Å². The normalized spacial score (nSPS) is 17.2. The highest BCUT2D eigenvalue weighted by molar-refractivity contribution is 5.87. The Kier molecular flexibility index (Phi) is 6.42. The van der Waals surface area contributed by atoms with Crippen LogP contribution in [0.25, 0.3) is 0 Å². The molecule has 1 aromatic carbocycles. The lowest BCUT2D eigenvalue weighted by atomic mass is 9.85. The van der Waals surface area contributed by atoms with Crippen LogP contribution in [0.3, 0.4) is 0 Å². The van der Waals surface area contributed by atoms with Gasteiger partial charge in [-0.2, -0.15) is 0 Å². The van der Waals surface area contributed by atoms with E-state index < -0.39 is 17.5 Å². The number of hydrogen-bond donors (Lipinski definition) is 2. The minimum atomic E-state index is -0.672. The zero-order chi connectivity index (χ0) is 18.4. The van der Waals surface area contributed by atoms with E-state index in [9.17, 15) is 9.59 Å². The van der Waals surface area contributed by atoms with E-state index in [0.29, 0.717) is 19.7 Å². The van der Waals surface area contributed by atoms with Crippen LogP contribution in [0.2, 0.25) is 0 Å². The summed E-state index contributed by atoms with van der Waals surface area (Å²) in [6.07, 6.45) is 1.75. The number of benzene rings is 1. The molecule has 1 atom stereocenters. The molecule has 1 heterocycles. The standard InChI is InChI=1S/C19H29N3O3/c1-19(2,3)16(21-18(20)24)17(23)22-11-9-15(10-12-22)25-13-14-7-5-4-6-8-14/h4-8,15-16H,9-13H2,1-3H3,(H3,20,21,24)/t16-/m0/s1. The second kappa shape index (κ2) is 8.34. The fourth-order valence-corrected chi connectivity index (χ4v) is 3.00. The fourth-order valence-electron chi connectivity index (χ4n) is 3.00. The summed E-state index contributed by atoms with van der Waals surface area (Å²) >= 11 is 0. The fraction of sp³-hybridized carbons (Fsp3) is 0.579. The maximum atomic E-state index is 12.8. The quantitative estimate of drug-likeness (QED) is 0.857. The number of ether oxygens (including phenoxy) is 1. The van der Waals surface area contributed by atoms with Crippen molar-refractivity contribution >= 4 is 11.9 Å². The molecule has 6 heteroatoms. The summed E-state index contributed by atoms with van der Waals surface area (Å²) in [6.45, 7) is 7.60. The van der Waals surface area contributed by atoms with E-state index in [0.717, 1.165) is 18.4 Å². The number of nitrogens with zero attached hydrogens (tertiary/aromatic N) is 1. The van der Waals surface area contributed by atoms with Gasteiger partial charge < -0.3 is 20.7 Å². The summed E-state index contributed by atoms with van der Waals surface area (Å²) in [7, 11) is 0. The number of hydrogen-bond acceptors (Lipinski definition) is 3. The summed E-state index contributed by atoms with van der Waals surface area (Å²) in [6, 6.07) is 8.78.